The first-order valence-electron chi connectivity index (χ1n) is 7.11. The Kier molecular flexibility index (Phi) is 5.56. The van der Waals surface area contributed by atoms with Crippen LogP contribution in [0.3, 0.4) is 0 Å². The molecule has 0 atom stereocenters. The summed E-state index contributed by atoms with van der Waals surface area (Å²) in [4.78, 5) is 4.05. The average molecular weight is 235 g/mol. The maximum absolute atomic E-state index is 4.05. The molecule has 1 fully saturated rings. The highest BCUT2D eigenvalue weighted by Gasteiger charge is 2.11. The van der Waals surface area contributed by atoms with Crippen molar-refractivity contribution in [3.05, 3.63) is 18.7 Å². The molecule has 1 aliphatic rings. The van der Waals surface area contributed by atoms with Gasteiger partial charge in [-0.1, -0.05) is 19.3 Å². The van der Waals surface area contributed by atoms with Gasteiger partial charge in [-0.3, -0.25) is 0 Å². The molecule has 3 heteroatoms. The molecule has 3 nitrogen and oxygen atoms in total. The van der Waals surface area contributed by atoms with Gasteiger partial charge in [0.1, 0.15) is 0 Å². The van der Waals surface area contributed by atoms with E-state index in [2.05, 4.69) is 14.9 Å². The van der Waals surface area contributed by atoms with E-state index >= 15 is 0 Å². The van der Waals surface area contributed by atoms with Crippen LogP contribution in [-0.4, -0.2) is 22.6 Å². The standard InChI is InChI=1S/C14H25N3/c1-2-6-14(7-3-1)12-15-8-4-5-10-17-11-9-16-13-17/h9,11,13-15H,1-8,10,12H2. The monoisotopic (exact) mass is 235 g/mol. The van der Waals surface area contributed by atoms with Crippen LogP contribution in [-0.2, 0) is 6.54 Å². The number of aryl methyl sites for hydroxylation is 1. The van der Waals surface area contributed by atoms with Crippen LogP contribution in [0.1, 0.15) is 44.9 Å². The van der Waals surface area contributed by atoms with Crippen LogP contribution in [0.2, 0.25) is 0 Å². The smallest absolute Gasteiger partial charge is 0.0945 e. The zero-order valence-corrected chi connectivity index (χ0v) is 10.8. The summed E-state index contributed by atoms with van der Waals surface area (Å²) >= 11 is 0. The summed E-state index contributed by atoms with van der Waals surface area (Å²) in [5.41, 5.74) is 0. The van der Waals surface area contributed by atoms with Crippen LogP contribution in [0.15, 0.2) is 18.7 Å². The quantitative estimate of drug-likeness (QED) is 0.737. The molecule has 0 aromatic carbocycles. The number of imidazole rings is 1. The van der Waals surface area contributed by atoms with E-state index in [1.165, 1.54) is 58.0 Å². The normalized spacial score (nSPS) is 17.4. The largest absolute Gasteiger partial charge is 0.337 e. The highest BCUT2D eigenvalue weighted by Crippen LogP contribution is 2.22. The molecular weight excluding hydrogens is 210 g/mol. The van der Waals surface area contributed by atoms with Crippen molar-refractivity contribution in [2.45, 2.75) is 51.5 Å². The van der Waals surface area contributed by atoms with Crippen LogP contribution in [0.4, 0.5) is 0 Å². The number of unbranched alkanes of at least 4 members (excludes halogenated alkanes) is 1. The van der Waals surface area contributed by atoms with Crippen molar-refractivity contribution in [2.75, 3.05) is 13.1 Å². The summed E-state index contributed by atoms with van der Waals surface area (Å²) in [7, 11) is 0. The molecule has 0 unspecified atom stereocenters. The summed E-state index contributed by atoms with van der Waals surface area (Å²) in [5, 5.41) is 3.61. The Morgan fingerprint density at radius 1 is 1.18 bits per heavy atom. The molecule has 1 aliphatic carbocycles. The average Bonchev–Trinajstić information content (AvgIpc) is 2.88. The minimum Gasteiger partial charge on any atom is -0.337 e. The summed E-state index contributed by atoms with van der Waals surface area (Å²) in [5.74, 6) is 0.956. The van der Waals surface area contributed by atoms with Crippen molar-refractivity contribution >= 4 is 0 Å². The zero-order chi connectivity index (χ0) is 11.8. The van der Waals surface area contributed by atoms with E-state index in [-0.39, 0.29) is 0 Å². The number of hydrogen-bond donors (Lipinski definition) is 1. The molecule has 0 radical (unpaired) electrons. The van der Waals surface area contributed by atoms with Crippen molar-refractivity contribution in [3.63, 3.8) is 0 Å². The second kappa shape index (κ2) is 7.49. The Bertz CT molecular complexity index is 276. The number of hydrogen-bond acceptors (Lipinski definition) is 2. The van der Waals surface area contributed by atoms with Gasteiger partial charge in [-0.05, 0) is 44.7 Å². The molecule has 0 bridgehead atoms. The topological polar surface area (TPSA) is 29.9 Å². The summed E-state index contributed by atoms with van der Waals surface area (Å²) in [6.07, 6.45) is 15.6. The molecule has 1 aromatic heterocycles. The van der Waals surface area contributed by atoms with Gasteiger partial charge in [0, 0.05) is 18.9 Å². The number of nitrogens with zero attached hydrogens (tertiary/aromatic N) is 2. The lowest BCUT2D eigenvalue weighted by Crippen LogP contribution is -2.25. The highest BCUT2D eigenvalue weighted by molar-refractivity contribution is 4.73. The second-order valence-corrected chi connectivity index (χ2v) is 5.22. The van der Waals surface area contributed by atoms with Crippen molar-refractivity contribution in [2.24, 2.45) is 5.92 Å². The lowest BCUT2D eigenvalue weighted by molar-refractivity contribution is 0.341. The van der Waals surface area contributed by atoms with Gasteiger partial charge in [0.05, 0.1) is 6.33 Å². The van der Waals surface area contributed by atoms with E-state index < -0.39 is 0 Å². The SMILES string of the molecule is c1cn(CCCCNCC2CCCCC2)cn1. The minimum atomic E-state index is 0.956. The lowest BCUT2D eigenvalue weighted by atomic mass is 9.89. The Morgan fingerprint density at radius 2 is 2.06 bits per heavy atom. The van der Waals surface area contributed by atoms with Crippen LogP contribution in [0, 0.1) is 5.92 Å². The molecule has 96 valence electrons. The Balaban J connectivity index is 1.43. The van der Waals surface area contributed by atoms with Gasteiger partial charge >= 0.3 is 0 Å². The third-order valence-electron chi connectivity index (χ3n) is 3.74. The molecule has 2 rings (SSSR count). The van der Waals surface area contributed by atoms with E-state index in [0.717, 1.165) is 12.5 Å². The fourth-order valence-electron chi connectivity index (χ4n) is 2.66. The first-order valence-corrected chi connectivity index (χ1v) is 7.11. The summed E-state index contributed by atoms with van der Waals surface area (Å²) in [6, 6.07) is 0. The van der Waals surface area contributed by atoms with E-state index in [4.69, 9.17) is 0 Å². The minimum absolute atomic E-state index is 0.956. The molecule has 0 spiro atoms. The Hall–Kier alpha value is -0.830. The predicted molar refractivity (Wildman–Crippen MR) is 70.9 cm³/mol. The predicted octanol–water partition coefficient (Wildman–Crippen LogP) is 2.83. The van der Waals surface area contributed by atoms with Gasteiger partial charge in [-0.15, -0.1) is 0 Å². The van der Waals surface area contributed by atoms with Crippen LogP contribution in [0.25, 0.3) is 0 Å². The number of nitrogens with one attached hydrogen (secondary N) is 1. The van der Waals surface area contributed by atoms with Gasteiger partial charge in [0.25, 0.3) is 0 Å². The second-order valence-electron chi connectivity index (χ2n) is 5.22. The molecule has 1 N–H and O–H groups in total. The molecule has 1 heterocycles. The van der Waals surface area contributed by atoms with Gasteiger partial charge in [-0.25, -0.2) is 4.98 Å². The van der Waals surface area contributed by atoms with Crippen molar-refractivity contribution < 1.29 is 0 Å². The fourth-order valence-corrected chi connectivity index (χ4v) is 2.66. The van der Waals surface area contributed by atoms with Crippen molar-refractivity contribution in [1.82, 2.24) is 14.9 Å². The third-order valence-corrected chi connectivity index (χ3v) is 3.74. The molecule has 1 saturated carbocycles. The van der Waals surface area contributed by atoms with Gasteiger partial charge in [0.15, 0.2) is 0 Å². The van der Waals surface area contributed by atoms with Crippen molar-refractivity contribution in [1.29, 1.82) is 0 Å². The van der Waals surface area contributed by atoms with Crippen LogP contribution >= 0.6 is 0 Å². The van der Waals surface area contributed by atoms with Gasteiger partial charge < -0.3 is 9.88 Å². The summed E-state index contributed by atoms with van der Waals surface area (Å²) < 4.78 is 2.15. The molecule has 1 aromatic rings. The Morgan fingerprint density at radius 3 is 2.82 bits per heavy atom. The van der Waals surface area contributed by atoms with E-state index in [0.29, 0.717) is 0 Å². The maximum Gasteiger partial charge on any atom is 0.0945 e. The lowest BCUT2D eigenvalue weighted by Gasteiger charge is -2.21. The Labute approximate surface area is 105 Å². The summed E-state index contributed by atoms with van der Waals surface area (Å²) in [6.45, 7) is 3.52. The van der Waals surface area contributed by atoms with E-state index in [1.807, 2.05) is 18.7 Å². The van der Waals surface area contributed by atoms with E-state index in [9.17, 15) is 0 Å². The van der Waals surface area contributed by atoms with Crippen LogP contribution < -0.4 is 5.32 Å². The first-order chi connectivity index (χ1) is 8.45. The molecule has 0 aliphatic heterocycles. The zero-order valence-electron chi connectivity index (χ0n) is 10.8. The first kappa shape index (κ1) is 12.6. The van der Waals surface area contributed by atoms with Gasteiger partial charge in [0.2, 0.25) is 0 Å². The third kappa shape index (κ3) is 4.90. The molecule has 17 heavy (non-hydrogen) atoms. The van der Waals surface area contributed by atoms with Crippen molar-refractivity contribution in [3.8, 4) is 0 Å². The molecular formula is C14H25N3. The molecule has 0 amide bonds. The van der Waals surface area contributed by atoms with Crippen LogP contribution in [0.5, 0.6) is 0 Å². The maximum atomic E-state index is 4.05. The number of aromatic nitrogens is 2. The highest BCUT2D eigenvalue weighted by atomic mass is 15.0. The number of rotatable bonds is 7. The van der Waals surface area contributed by atoms with E-state index in [1.54, 1.807) is 0 Å². The molecule has 0 saturated heterocycles. The van der Waals surface area contributed by atoms with Gasteiger partial charge in [-0.2, -0.15) is 0 Å². The fraction of sp³-hybridized carbons (Fsp3) is 0.786.